The summed E-state index contributed by atoms with van der Waals surface area (Å²) in [5, 5.41) is 2.87. The molecule has 7 heteroatoms. The summed E-state index contributed by atoms with van der Waals surface area (Å²) in [6.45, 7) is 5.93. The average Bonchev–Trinajstić information content (AvgIpc) is 2.67. The van der Waals surface area contributed by atoms with Crippen molar-refractivity contribution in [3.8, 4) is 11.5 Å². The molecule has 0 radical (unpaired) electrons. The monoisotopic (exact) mass is 370 g/mol. The maximum absolute atomic E-state index is 12.8. The van der Waals surface area contributed by atoms with Crippen molar-refractivity contribution in [2.45, 2.75) is 26.7 Å². The standard InChI is InChI=1S/C20H26N4O3/c1-13-6-5-9-24(12-13)20-21-14(2)10-17(23-20)19(25)22-16-11-15(26-3)7-8-18(16)27-4/h7-8,10-11,13H,5-6,9,12H2,1-4H3,(H,22,25). The van der Waals surface area contributed by atoms with Crippen molar-refractivity contribution >= 4 is 17.5 Å². The van der Waals surface area contributed by atoms with Gasteiger partial charge < -0.3 is 19.7 Å². The Balaban J connectivity index is 1.85. The highest BCUT2D eigenvalue weighted by Crippen LogP contribution is 2.29. The van der Waals surface area contributed by atoms with Gasteiger partial charge in [0.25, 0.3) is 5.91 Å². The van der Waals surface area contributed by atoms with Gasteiger partial charge in [0.1, 0.15) is 17.2 Å². The van der Waals surface area contributed by atoms with Crippen LogP contribution in [-0.4, -0.2) is 43.2 Å². The first-order chi connectivity index (χ1) is 13.0. The summed E-state index contributed by atoms with van der Waals surface area (Å²) in [6, 6.07) is 6.94. The molecule has 1 aliphatic heterocycles. The number of nitrogens with one attached hydrogen (secondary N) is 1. The molecule has 1 aromatic heterocycles. The van der Waals surface area contributed by atoms with E-state index in [-0.39, 0.29) is 5.91 Å². The molecule has 1 atom stereocenters. The summed E-state index contributed by atoms with van der Waals surface area (Å²) < 4.78 is 10.6. The van der Waals surface area contributed by atoms with Crippen LogP contribution >= 0.6 is 0 Å². The molecular formula is C20H26N4O3. The van der Waals surface area contributed by atoms with Crippen LogP contribution in [0.5, 0.6) is 11.5 Å². The van der Waals surface area contributed by atoms with Gasteiger partial charge in [0.05, 0.1) is 19.9 Å². The Kier molecular flexibility index (Phi) is 5.78. The van der Waals surface area contributed by atoms with Gasteiger partial charge in [-0.2, -0.15) is 0 Å². The van der Waals surface area contributed by atoms with E-state index in [0.29, 0.717) is 34.7 Å². The number of nitrogens with zero attached hydrogens (tertiary/aromatic N) is 3. The molecule has 1 unspecified atom stereocenters. The SMILES string of the molecule is COc1ccc(OC)c(NC(=O)c2cc(C)nc(N3CCCC(C)C3)n2)c1. The smallest absolute Gasteiger partial charge is 0.274 e. The first-order valence-corrected chi connectivity index (χ1v) is 9.14. The Labute approximate surface area is 159 Å². The van der Waals surface area contributed by atoms with Crippen LogP contribution in [0.2, 0.25) is 0 Å². The van der Waals surface area contributed by atoms with E-state index < -0.39 is 0 Å². The Morgan fingerprint density at radius 2 is 2.04 bits per heavy atom. The molecule has 0 aliphatic carbocycles. The molecule has 1 saturated heterocycles. The van der Waals surface area contributed by atoms with Gasteiger partial charge in [-0.1, -0.05) is 6.92 Å². The molecule has 0 spiro atoms. The number of aryl methyl sites for hydroxylation is 1. The predicted molar refractivity (Wildman–Crippen MR) is 105 cm³/mol. The number of methoxy groups -OCH3 is 2. The lowest BCUT2D eigenvalue weighted by atomic mass is 10.0. The number of hydrogen-bond acceptors (Lipinski definition) is 6. The van der Waals surface area contributed by atoms with Gasteiger partial charge in [-0.3, -0.25) is 4.79 Å². The number of carbonyl (C=O) groups excluding carboxylic acids is 1. The second kappa shape index (κ2) is 8.24. The minimum Gasteiger partial charge on any atom is -0.497 e. The molecular weight excluding hydrogens is 344 g/mol. The quantitative estimate of drug-likeness (QED) is 0.870. The van der Waals surface area contributed by atoms with Crippen molar-refractivity contribution < 1.29 is 14.3 Å². The van der Waals surface area contributed by atoms with E-state index in [0.717, 1.165) is 25.2 Å². The van der Waals surface area contributed by atoms with Gasteiger partial charge in [0, 0.05) is 24.8 Å². The van der Waals surface area contributed by atoms with Gasteiger partial charge in [-0.25, -0.2) is 9.97 Å². The maximum atomic E-state index is 12.8. The lowest BCUT2D eigenvalue weighted by molar-refractivity contribution is 0.102. The number of ether oxygens (including phenoxy) is 2. The second-order valence-corrected chi connectivity index (χ2v) is 6.91. The summed E-state index contributed by atoms with van der Waals surface area (Å²) in [4.78, 5) is 24.0. The van der Waals surface area contributed by atoms with Gasteiger partial charge in [0.15, 0.2) is 0 Å². The lowest BCUT2D eigenvalue weighted by Crippen LogP contribution is -2.36. The average molecular weight is 370 g/mol. The zero-order valence-corrected chi connectivity index (χ0v) is 16.3. The fraction of sp³-hybridized carbons (Fsp3) is 0.450. The van der Waals surface area contributed by atoms with Gasteiger partial charge in [-0.05, 0) is 43.9 Å². The summed E-state index contributed by atoms with van der Waals surface area (Å²) in [6.07, 6.45) is 2.33. The van der Waals surface area contributed by atoms with Crippen LogP contribution in [0.1, 0.15) is 35.9 Å². The zero-order valence-electron chi connectivity index (χ0n) is 16.3. The number of carbonyl (C=O) groups is 1. The highest BCUT2D eigenvalue weighted by atomic mass is 16.5. The molecule has 1 aliphatic rings. The Hall–Kier alpha value is -2.83. The third kappa shape index (κ3) is 4.48. The van der Waals surface area contributed by atoms with Crippen LogP contribution in [0.15, 0.2) is 24.3 Å². The fourth-order valence-electron chi connectivity index (χ4n) is 3.28. The first kappa shape index (κ1) is 18.9. The van der Waals surface area contributed by atoms with Crippen LogP contribution in [0, 0.1) is 12.8 Å². The summed E-state index contributed by atoms with van der Waals surface area (Å²) in [5.41, 5.74) is 1.63. The van der Waals surface area contributed by atoms with Crippen LogP contribution in [-0.2, 0) is 0 Å². The Bertz CT molecular complexity index is 825. The number of benzene rings is 1. The molecule has 144 valence electrons. The Morgan fingerprint density at radius 3 is 2.74 bits per heavy atom. The molecule has 2 aromatic rings. The summed E-state index contributed by atoms with van der Waals surface area (Å²) >= 11 is 0. The summed E-state index contributed by atoms with van der Waals surface area (Å²) in [5.74, 6) is 2.09. The van der Waals surface area contributed by atoms with Crippen LogP contribution in [0.4, 0.5) is 11.6 Å². The maximum Gasteiger partial charge on any atom is 0.274 e. The van der Waals surface area contributed by atoms with Gasteiger partial charge in [-0.15, -0.1) is 0 Å². The molecule has 1 N–H and O–H groups in total. The highest BCUT2D eigenvalue weighted by Gasteiger charge is 2.21. The number of rotatable bonds is 5. The molecule has 3 rings (SSSR count). The third-order valence-electron chi connectivity index (χ3n) is 4.67. The number of aromatic nitrogens is 2. The normalized spacial score (nSPS) is 16.7. The molecule has 1 amide bonds. The molecule has 1 aromatic carbocycles. The Morgan fingerprint density at radius 1 is 1.22 bits per heavy atom. The largest absolute Gasteiger partial charge is 0.497 e. The minimum absolute atomic E-state index is 0.307. The van der Waals surface area contributed by atoms with E-state index in [1.807, 2.05) is 6.92 Å². The van der Waals surface area contributed by atoms with Crippen molar-refractivity contribution in [1.82, 2.24) is 9.97 Å². The molecule has 2 heterocycles. The molecule has 27 heavy (non-hydrogen) atoms. The number of anilines is 2. The van der Waals surface area contributed by atoms with E-state index in [9.17, 15) is 4.79 Å². The van der Waals surface area contributed by atoms with E-state index in [1.54, 1.807) is 38.5 Å². The van der Waals surface area contributed by atoms with Crippen molar-refractivity contribution in [2.75, 3.05) is 37.5 Å². The summed E-state index contributed by atoms with van der Waals surface area (Å²) in [7, 11) is 3.13. The van der Waals surface area contributed by atoms with Crippen LogP contribution in [0.25, 0.3) is 0 Å². The van der Waals surface area contributed by atoms with Crippen molar-refractivity contribution in [3.63, 3.8) is 0 Å². The van der Waals surface area contributed by atoms with E-state index in [4.69, 9.17) is 9.47 Å². The molecule has 0 bridgehead atoms. The van der Waals surface area contributed by atoms with Crippen molar-refractivity contribution in [1.29, 1.82) is 0 Å². The number of amides is 1. The molecule has 7 nitrogen and oxygen atoms in total. The highest BCUT2D eigenvalue weighted by molar-refractivity contribution is 6.04. The third-order valence-corrected chi connectivity index (χ3v) is 4.67. The number of piperidine rings is 1. The predicted octanol–water partition coefficient (Wildman–Crippen LogP) is 3.29. The van der Waals surface area contributed by atoms with E-state index in [1.165, 1.54) is 6.42 Å². The van der Waals surface area contributed by atoms with Gasteiger partial charge in [0.2, 0.25) is 5.95 Å². The van der Waals surface area contributed by atoms with Crippen LogP contribution in [0.3, 0.4) is 0 Å². The minimum atomic E-state index is -0.307. The van der Waals surface area contributed by atoms with Crippen LogP contribution < -0.4 is 19.7 Å². The molecule has 0 saturated carbocycles. The molecule has 1 fully saturated rings. The van der Waals surface area contributed by atoms with E-state index in [2.05, 4.69) is 27.1 Å². The number of hydrogen-bond donors (Lipinski definition) is 1. The first-order valence-electron chi connectivity index (χ1n) is 9.14. The second-order valence-electron chi connectivity index (χ2n) is 6.91. The van der Waals surface area contributed by atoms with Gasteiger partial charge >= 0.3 is 0 Å². The topological polar surface area (TPSA) is 76.6 Å². The van der Waals surface area contributed by atoms with Crippen molar-refractivity contribution in [3.05, 3.63) is 35.7 Å². The lowest BCUT2D eigenvalue weighted by Gasteiger charge is -2.31. The zero-order chi connectivity index (χ0) is 19.4. The van der Waals surface area contributed by atoms with E-state index >= 15 is 0 Å². The van der Waals surface area contributed by atoms with Crippen molar-refractivity contribution in [2.24, 2.45) is 5.92 Å². The fourth-order valence-corrected chi connectivity index (χ4v) is 3.28.